The zero-order valence-corrected chi connectivity index (χ0v) is 12.3. The van der Waals surface area contributed by atoms with Gasteiger partial charge in [0.1, 0.15) is 11.4 Å². The van der Waals surface area contributed by atoms with Crippen molar-refractivity contribution in [3.8, 4) is 5.75 Å². The van der Waals surface area contributed by atoms with E-state index in [1.165, 1.54) is 0 Å². The van der Waals surface area contributed by atoms with E-state index in [0.717, 1.165) is 0 Å². The fourth-order valence-electron chi connectivity index (χ4n) is 2.37. The number of benzene rings is 1. The van der Waals surface area contributed by atoms with Crippen LogP contribution < -0.4 is 0 Å². The Morgan fingerprint density at radius 1 is 1.10 bits per heavy atom. The summed E-state index contributed by atoms with van der Waals surface area (Å²) in [5.74, 6) is 0.161. The molecule has 2 rings (SSSR count). The molecule has 4 heteroatoms. The van der Waals surface area contributed by atoms with Crippen molar-refractivity contribution < 1.29 is 10.2 Å². The van der Waals surface area contributed by atoms with E-state index in [0.29, 0.717) is 23.2 Å². The van der Waals surface area contributed by atoms with Crippen molar-refractivity contribution in [1.82, 2.24) is 9.88 Å². The third-order valence-electron chi connectivity index (χ3n) is 3.40. The van der Waals surface area contributed by atoms with Crippen LogP contribution in [0.25, 0.3) is 0 Å². The van der Waals surface area contributed by atoms with Gasteiger partial charge in [-0.15, -0.1) is 0 Å². The molecule has 2 N–H and O–H groups in total. The van der Waals surface area contributed by atoms with Crippen LogP contribution >= 0.6 is 0 Å². The van der Waals surface area contributed by atoms with Gasteiger partial charge in [0, 0.05) is 18.9 Å². The monoisotopic (exact) mass is 284 g/mol. The van der Waals surface area contributed by atoms with Crippen LogP contribution in [0.5, 0.6) is 5.75 Å². The maximum absolute atomic E-state index is 11.3. The summed E-state index contributed by atoms with van der Waals surface area (Å²) in [5.41, 5.74) is 0.707. The van der Waals surface area contributed by atoms with Crippen molar-refractivity contribution in [2.75, 3.05) is 20.6 Å². The van der Waals surface area contributed by atoms with Crippen molar-refractivity contribution >= 4 is 0 Å². The number of rotatable bonds is 5. The zero-order valence-electron chi connectivity index (χ0n) is 12.3. The van der Waals surface area contributed by atoms with Gasteiger partial charge >= 0.3 is 0 Å². The van der Waals surface area contributed by atoms with Gasteiger partial charge in [0.2, 0.25) is 0 Å². The Bertz CT molecular complexity index is 608. The molecule has 0 saturated carbocycles. The van der Waals surface area contributed by atoms with Crippen LogP contribution in [0.2, 0.25) is 0 Å². The van der Waals surface area contributed by atoms with Crippen molar-refractivity contribution in [3.05, 3.63) is 72.1 Å². The van der Waals surface area contributed by atoms with Crippen LogP contribution in [0.4, 0.5) is 0 Å². The summed E-state index contributed by atoms with van der Waals surface area (Å²) >= 11 is 0. The van der Waals surface area contributed by atoms with Gasteiger partial charge in [-0.2, -0.15) is 0 Å². The highest BCUT2D eigenvalue weighted by atomic mass is 16.3. The number of pyridine rings is 1. The maximum atomic E-state index is 11.3. The van der Waals surface area contributed by atoms with Crippen LogP contribution in [0.3, 0.4) is 0 Å². The minimum absolute atomic E-state index is 0.161. The summed E-state index contributed by atoms with van der Waals surface area (Å²) in [7, 11) is 3.85. The molecule has 1 atom stereocenters. The van der Waals surface area contributed by atoms with Crippen LogP contribution in [0, 0.1) is 0 Å². The molecule has 0 saturated heterocycles. The molecule has 21 heavy (non-hydrogen) atoms. The smallest absolute Gasteiger partial charge is 0.137 e. The minimum atomic E-state index is -1.32. The van der Waals surface area contributed by atoms with E-state index in [-0.39, 0.29) is 5.75 Å². The molecule has 0 amide bonds. The van der Waals surface area contributed by atoms with Crippen molar-refractivity contribution in [3.63, 3.8) is 0 Å². The molecule has 1 heterocycles. The SMILES string of the molecule is C=C(CN(C)C)C(O)(c1ccncc1)c1ccc(O)cc1. The Balaban J connectivity index is 2.53. The maximum Gasteiger partial charge on any atom is 0.137 e. The van der Waals surface area contributed by atoms with Crippen LogP contribution in [0.15, 0.2) is 60.9 Å². The lowest BCUT2D eigenvalue weighted by Gasteiger charge is -2.33. The molecule has 0 bridgehead atoms. The van der Waals surface area contributed by atoms with E-state index < -0.39 is 5.60 Å². The van der Waals surface area contributed by atoms with Crippen LogP contribution in [-0.2, 0) is 5.60 Å². The molecule has 0 aliphatic rings. The van der Waals surface area contributed by atoms with E-state index in [2.05, 4.69) is 11.6 Å². The molecule has 4 nitrogen and oxygen atoms in total. The fraction of sp³-hybridized carbons (Fsp3) is 0.235. The van der Waals surface area contributed by atoms with Gasteiger partial charge in [0.25, 0.3) is 0 Å². The molecular formula is C17H20N2O2. The summed E-state index contributed by atoms with van der Waals surface area (Å²) in [5, 5.41) is 20.8. The average molecular weight is 284 g/mol. The summed E-state index contributed by atoms with van der Waals surface area (Å²) < 4.78 is 0. The molecule has 0 spiro atoms. The molecule has 0 aliphatic carbocycles. The molecule has 1 aromatic heterocycles. The average Bonchev–Trinajstić information content (AvgIpc) is 2.47. The van der Waals surface area contributed by atoms with Gasteiger partial charge in [-0.3, -0.25) is 4.98 Å². The lowest BCUT2D eigenvalue weighted by molar-refractivity contribution is 0.113. The first kappa shape index (κ1) is 15.2. The first-order valence-corrected chi connectivity index (χ1v) is 6.70. The van der Waals surface area contributed by atoms with E-state index in [1.807, 2.05) is 19.0 Å². The van der Waals surface area contributed by atoms with Gasteiger partial charge < -0.3 is 15.1 Å². The third kappa shape index (κ3) is 3.12. The summed E-state index contributed by atoms with van der Waals surface area (Å²) in [4.78, 5) is 5.95. The lowest BCUT2D eigenvalue weighted by atomic mass is 9.81. The number of hydrogen-bond donors (Lipinski definition) is 2. The summed E-state index contributed by atoms with van der Waals surface area (Å²) in [6, 6.07) is 10.1. The van der Waals surface area contributed by atoms with E-state index in [1.54, 1.807) is 48.8 Å². The molecule has 0 radical (unpaired) electrons. The van der Waals surface area contributed by atoms with E-state index in [4.69, 9.17) is 0 Å². The number of phenolic OH excluding ortho intramolecular Hbond substituents is 1. The van der Waals surface area contributed by atoms with Gasteiger partial charge in [-0.25, -0.2) is 0 Å². The van der Waals surface area contributed by atoms with Gasteiger partial charge in [0.15, 0.2) is 0 Å². The second kappa shape index (κ2) is 6.08. The Hall–Kier alpha value is -2.17. The standard InChI is InChI=1S/C17H20N2O2/c1-13(12-19(2)3)17(21,15-8-10-18-11-9-15)14-4-6-16(20)7-5-14/h4-11,20-21H,1,12H2,2-3H3. The molecule has 1 aromatic carbocycles. The third-order valence-corrected chi connectivity index (χ3v) is 3.40. The number of aromatic nitrogens is 1. The molecule has 110 valence electrons. The fourth-order valence-corrected chi connectivity index (χ4v) is 2.37. The number of aromatic hydroxyl groups is 1. The lowest BCUT2D eigenvalue weighted by Crippen LogP contribution is -2.34. The van der Waals surface area contributed by atoms with Gasteiger partial charge in [-0.05, 0) is 55.1 Å². The highest BCUT2D eigenvalue weighted by Gasteiger charge is 2.34. The topological polar surface area (TPSA) is 56.6 Å². The molecule has 0 aliphatic heterocycles. The molecule has 0 fully saturated rings. The molecule has 1 unspecified atom stereocenters. The highest BCUT2D eigenvalue weighted by molar-refractivity contribution is 5.45. The number of phenols is 1. The number of aliphatic hydroxyl groups is 1. The predicted octanol–water partition coefficient (Wildman–Crippen LogP) is 2.14. The number of hydrogen-bond acceptors (Lipinski definition) is 4. The Labute approximate surface area is 125 Å². The number of nitrogens with zero attached hydrogens (tertiary/aromatic N) is 2. The van der Waals surface area contributed by atoms with Crippen molar-refractivity contribution in [2.24, 2.45) is 0 Å². The Morgan fingerprint density at radius 2 is 1.62 bits per heavy atom. The minimum Gasteiger partial charge on any atom is -0.508 e. The van der Waals surface area contributed by atoms with Crippen molar-refractivity contribution in [1.29, 1.82) is 0 Å². The van der Waals surface area contributed by atoms with Crippen LogP contribution in [0.1, 0.15) is 11.1 Å². The zero-order chi connectivity index (χ0) is 15.5. The molecular weight excluding hydrogens is 264 g/mol. The summed E-state index contributed by atoms with van der Waals surface area (Å²) in [6.45, 7) is 4.61. The summed E-state index contributed by atoms with van der Waals surface area (Å²) in [6.07, 6.45) is 3.29. The quantitative estimate of drug-likeness (QED) is 0.826. The number of likely N-dealkylation sites (N-methyl/N-ethyl adjacent to an activating group) is 1. The van der Waals surface area contributed by atoms with Gasteiger partial charge in [-0.1, -0.05) is 18.7 Å². The molecule has 2 aromatic rings. The van der Waals surface area contributed by atoms with Crippen molar-refractivity contribution in [2.45, 2.75) is 5.60 Å². The first-order chi connectivity index (χ1) is 9.94. The van der Waals surface area contributed by atoms with E-state index in [9.17, 15) is 10.2 Å². The second-order valence-corrected chi connectivity index (χ2v) is 5.33. The first-order valence-electron chi connectivity index (χ1n) is 6.70. The Morgan fingerprint density at radius 3 is 2.14 bits per heavy atom. The second-order valence-electron chi connectivity index (χ2n) is 5.33. The van der Waals surface area contributed by atoms with E-state index >= 15 is 0 Å². The predicted molar refractivity (Wildman–Crippen MR) is 83.0 cm³/mol. The highest BCUT2D eigenvalue weighted by Crippen LogP contribution is 2.36. The largest absolute Gasteiger partial charge is 0.508 e. The van der Waals surface area contributed by atoms with Gasteiger partial charge in [0.05, 0.1) is 0 Å². The Kier molecular flexibility index (Phi) is 4.40. The van der Waals surface area contributed by atoms with Crippen LogP contribution in [-0.4, -0.2) is 40.7 Å². The normalized spacial score (nSPS) is 13.9.